The third-order valence-electron chi connectivity index (χ3n) is 3.54. The third kappa shape index (κ3) is 8.29. The highest BCUT2D eigenvalue weighted by Gasteiger charge is 2.07. The van der Waals surface area contributed by atoms with Gasteiger partial charge in [0.2, 0.25) is 11.7 Å². The molecule has 0 spiro atoms. The Kier molecular flexibility index (Phi) is 10.1. The van der Waals surface area contributed by atoms with Gasteiger partial charge in [0, 0.05) is 32.3 Å². The number of hydrogen-bond donors (Lipinski definition) is 0. The molecule has 7 nitrogen and oxygen atoms in total. The van der Waals surface area contributed by atoms with E-state index in [1.54, 1.807) is 20.1 Å². The lowest BCUT2D eigenvalue weighted by molar-refractivity contribution is -0.137. The lowest BCUT2D eigenvalue weighted by Crippen LogP contribution is -2.02. The van der Waals surface area contributed by atoms with Gasteiger partial charge in [0.05, 0.1) is 18.2 Å². The fourth-order valence-electron chi connectivity index (χ4n) is 2.10. The van der Waals surface area contributed by atoms with Crippen molar-refractivity contribution in [3.63, 3.8) is 0 Å². The van der Waals surface area contributed by atoms with Gasteiger partial charge in [0.15, 0.2) is 0 Å². The Morgan fingerprint density at radius 2 is 2.04 bits per heavy atom. The number of methoxy groups -OCH3 is 1. The Balaban J connectivity index is 0.000000279. The van der Waals surface area contributed by atoms with Crippen LogP contribution in [0.3, 0.4) is 0 Å². The van der Waals surface area contributed by atoms with Gasteiger partial charge in [-0.05, 0) is 49.9 Å². The smallest absolute Gasteiger partial charge is 0.330 e. The quantitative estimate of drug-likeness (QED) is 0.396. The summed E-state index contributed by atoms with van der Waals surface area (Å²) in [6.45, 7) is 8.18. The molecular weight excluding hydrogens is 346 g/mol. The maximum atomic E-state index is 10.5. The van der Waals surface area contributed by atoms with E-state index in [0.29, 0.717) is 23.9 Å². The molecule has 2 aromatic rings. The summed E-state index contributed by atoms with van der Waals surface area (Å²) in [6, 6.07) is 7.57. The van der Waals surface area contributed by atoms with Crippen LogP contribution in [-0.4, -0.2) is 36.4 Å². The second-order valence-electron chi connectivity index (χ2n) is 5.70. The minimum atomic E-state index is -0.346. The van der Waals surface area contributed by atoms with Crippen molar-refractivity contribution >= 4 is 5.97 Å². The predicted molar refractivity (Wildman–Crippen MR) is 101 cm³/mol. The topological polar surface area (TPSA) is 98.2 Å². The Morgan fingerprint density at radius 1 is 1.30 bits per heavy atom. The monoisotopic (exact) mass is 371 g/mol. The number of carbonyl (C=O) groups excluding carboxylic acids is 1. The highest BCUT2D eigenvalue weighted by molar-refractivity contribution is 5.81. The fourth-order valence-corrected chi connectivity index (χ4v) is 2.10. The molecule has 0 unspecified atom stereocenters. The molecule has 0 amide bonds. The molecule has 0 saturated heterocycles. The number of ether oxygens (including phenoxy) is 2. The lowest BCUT2D eigenvalue weighted by Gasteiger charge is -2.01. The van der Waals surface area contributed by atoms with Crippen molar-refractivity contribution in [3.8, 4) is 17.5 Å². The van der Waals surface area contributed by atoms with E-state index in [-0.39, 0.29) is 5.97 Å². The summed E-state index contributed by atoms with van der Waals surface area (Å²) in [5.41, 5.74) is 2.44. The van der Waals surface area contributed by atoms with E-state index in [1.165, 1.54) is 6.08 Å². The van der Waals surface area contributed by atoms with Gasteiger partial charge in [-0.25, -0.2) is 4.79 Å². The summed E-state index contributed by atoms with van der Waals surface area (Å²) in [6.07, 6.45) is 4.11. The van der Waals surface area contributed by atoms with Crippen LogP contribution in [0.25, 0.3) is 11.4 Å². The molecular formula is C20H25N3O4. The zero-order valence-electron chi connectivity index (χ0n) is 16.0. The number of nitrogens with zero attached hydrogens (tertiary/aromatic N) is 3. The molecule has 0 N–H and O–H groups in total. The minimum Gasteiger partial charge on any atom is -0.463 e. The maximum Gasteiger partial charge on any atom is 0.330 e. The van der Waals surface area contributed by atoms with Crippen molar-refractivity contribution in [2.24, 2.45) is 0 Å². The molecule has 0 aliphatic rings. The first-order valence-corrected chi connectivity index (χ1v) is 8.61. The first-order valence-electron chi connectivity index (χ1n) is 8.61. The van der Waals surface area contributed by atoms with E-state index in [0.717, 1.165) is 37.0 Å². The average molecular weight is 371 g/mol. The summed E-state index contributed by atoms with van der Waals surface area (Å²) in [5, 5.41) is 12.6. The van der Waals surface area contributed by atoms with Crippen LogP contribution in [0.5, 0.6) is 0 Å². The summed E-state index contributed by atoms with van der Waals surface area (Å²) in [7, 11) is 1.68. The Hall–Kier alpha value is -2.98. The summed E-state index contributed by atoms with van der Waals surface area (Å²) in [4.78, 5) is 14.7. The van der Waals surface area contributed by atoms with E-state index in [1.807, 2.05) is 19.1 Å². The van der Waals surface area contributed by atoms with Crippen molar-refractivity contribution in [3.05, 3.63) is 47.9 Å². The van der Waals surface area contributed by atoms with Gasteiger partial charge in [0.25, 0.3) is 0 Å². The van der Waals surface area contributed by atoms with Gasteiger partial charge in [-0.15, -0.1) is 0 Å². The lowest BCUT2D eigenvalue weighted by atomic mass is 10.1. The van der Waals surface area contributed by atoms with Crippen LogP contribution in [0, 0.1) is 25.2 Å². The van der Waals surface area contributed by atoms with Crippen molar-refractivity contribution in [1.29, 1.82) is 5.26 Å². The highest BCUT2D eigenvalue weighted by atomic mass is 16.5. The second kappa shape index (κ2) is 12.4. The molecule has 0 saturated carbocycles. The molecule has 27 heavy (non-hydrogen) atoms. The van der Waals surface area contributed by atoms with Gasteiger partial charge >= 0.3 is 5.97 Å². The Labute approximate surface area is 159 Å². The summed E-state index contributed by atoms with van der Waals surface area (Å²) in [5.74, 6) is 0.744. The van der Waals surface area contributed by atoms with Crippen molar-refractivity contribution < 1.29 is 18.8 Å². The Bertz CT molecular complexity index is 778. The molecule has 0 radical (unpaired) electrons. The molecule has 0 atom stereocenters. The molecule has 1 heterocycles. The number of nitriles is 1. The van der Waals surface area contributed by atoms with Crippen LogP contribution in [0.2, 0.25) is 0 Å². The molecule has 1 aromatic heterocycles. The number of rotatable bonds is 8. The molecule has 1 aromatic carbocycles. The van der Waals surface area contributed by atoms with Gasteiger partial charge in [0.1, 0.15) is 0 Å². The molecule has 144 valence electrons. The van der Waals surface area contributed by atoms with Gasteiger partial charge in [-0.3, -0.25) is 0 Å². The molecule has 7 heteroatoms. The molecule has 0 aliphatic carbocycles. The third-order valence-corrected chi connectivity index (χ3v) is 3.54. The van der Waals surface area contributed by atoms with Crippen LogP contribution >= 0.6 is 0 Å². The van der Waals surface area contributed by atoms with Crippen molar-refractivity contribution in [1.82, 2.24) is 10.1 Å². The van der Waals surface area contributed by atoms with E-state index in [2.05, 4.69) is 22.8 Å². The minimum absolute atomic E-state index is 0.346. The number of esters is 1. The van der Waals surface area contributed by atoms with E-state index < -0.39 is 0 Å². The molecule has 0 fully saturated rings. The van der Waals surface area contributed by atoms with Crippen LogP contribution in [-0.2, 0) is 14.3 Å². The number of unbranched alkanes of at least 4 members (excludes halogenated alkanes) is 2. The number of aromatic nitrogens is 2. The van der Waals surface area contributed by atoms with Crippen LogP contribution in [0.15, 0.2) is 35.4 Å². The van der Waals surface area contributed by atoms with E-state index >= 15 is 0 Å². The number of aryl methyl sites for hydroxylation is 2. The maximum absolute atomic E-state index is 10.5. The largest absolute Gasteiger partial charge is 0.463 e. The van der Waals surface area contributed by atoms with Crippen molar-refractivity contribution in [2.75, 3.05) is 20.3 Å². The van der Waals surface area contributed by atoms with E-state index in [4.69, 9.17) is 19.3 Å². The summed E-state index contributed by atoms with van der Waals surface area (Å²) < 4.78 is 14.5. The number of carbonyl (C=O) groups is 1. The standard InChI is InChI=1S/C11H9N3O.C9H16O3/c1-7-5-9(3-4-10(7)6-12)11-13-8(2)15-14-11;1-3-9(10)12-8-6-4-5-7-11-2/h3-5H,1-2H3;3H,1,4-8H2,2H3. The second-order valence-corrected chi connectivity index (χ2v) is 5.70. The highest BCUT2D eigenvalue weighted by Crippen LogP contribution is 2.19. The van der Waals surface area contributed by atoms with Crippen LogP contribution in [0.4, 0.5) is 0 Å². The van der Waals surface area contributed by atoms with Crippen LogP contribution in [0.1, 0.15) is 36.3 Å². The van der Waals surface area contributed by atoms with Gasteiger partial charge in [-0.1, -0.05) is 11.7 Å². The molecule has 2 rings (SSSR count). The zero-order valence-corrected chi connectivity index (χ0v) is 16.0. The molecule has 0 bridgehead atoms. The van der Waals surface area contributed by atoms with Crippen LogP contribution < -0.4 is 0 Å². The zero-order chi connectivity index (χ0) is 20.1. The first-order chi connectivity index (χ1) is 13.0. The summed E-state index contributed by atoms with van der Waals surface area (Å²) >= 11 is 0. The molecule has 0 aliphatic heterocycles. The SMILES string of the molecule is C=CC(=O)OCCCCCOC.Cc1nc(-c2ccc(C#N)c(C)c2)no1. The van der Waals surface area contributed by atoms with Crippen molar-refractivity contribution in [2.45, 2.75) is 33.1 Å². The number of hydrogen-bond acceptors (Lipinski definition) is 7. The normalized spacial score (nSPS) is 9.70. The van der Waals surface area contributed by atoms with E-state index in [9.17, 15) is 4.79 Å². The van der Waals surface area contributed by atoms with Gasteiger partial charge in [-0.2, -0.15) is 10.2 Å². The number of benzene rings is 1. The fraction of sp³-hybridized carbons (Fsp3) is 0.400. The van der Waals surface area contributed by atoms with Gasteiger partial charge < -0.3 is 14.0 Å². The average Bonchev–Trinajstić information content (AvgIpc) is 3.11. The predicted octanol–water partition coefficient (Wildman–Crippen LogP) is 3.76. The Morgan fingerprint density at radius 3 is 2.59 bits per heavy atom. The first kappa shape index (κ1) is 22.1.